The molecule has 1 aliphatic heterocycles. The number of thiophene rings is 1. The predicted molar refractivity (Wildman–Crippen MR) is 99.1 cm³/mol. The third kappa shape index (κ3) is 4.11. The molecule has 1 aromatic heterocycles. The molecule has 1 saturated heterocycles. The van der Waals surface area contributed by atoms with Crippen LogP contribution in [0.5, 0.6) is 0 Å². The van der Waals surface area contributed by atoms with E-state index in [1.54, 1.807) is 35.6 Å². The van der Waals surface area contributed by atoms with Crippen molar-refractivity contribution < 1.29 is 13.2 Å². The number of carbonyl (C=O) groups is 1. The maximum Gasteiger partial charge on any atom is 0.243 e. The lowest BCUT2D eigenvalue weighted by atomic mass is 10.2. The van der Waals surface area contributed by atoms with Crippen LogP contribution in [0.1, 0.15) is 23.3 Å². The molecule has 2 aromatic rings. The molecule has 3 rings (SSSR count). The summed E-state index contributed by atoms with van der Waals surface area (Å²) in [4.78, 5) is 14.0. The van der Waals surface area contributed by atoms with Crippen molar-refractivity contribution in [2.75, 3.05) is 13.1 Å². The monoisotopic (exact) mass is 378 g/mol. The Kier molecular flexibility index (Phi) is 5.56. The van der Waals surface area contributed by atoms with E-state index in [0.717, 1.165) is 12.0 Å². The number of nitrogens with one attached hydrogen (secondary N) is 1. The van der Waals surface area contributed by atoms with Crippen molar-refractivity contribution in [3.05, 3.63) is 52.2 Å². The third-order valence-corrected chi connectivity index (χ3v) is 7.24. The molecule has 134 valence electrons. The minimum Gasteiger partial charge on any atom is -0.354 e. The number of hydrogen-bond acceptors (Lipinski definition) is 4. The van der Waals surface area contributed by atoms with Gasteiger partial charge in [0.25, 0.3) is 0 Å². The molecule has 0 unspecified atom stereocenters. The van der Waals surface area contributed by atoms with Crippen LogP contribution in [0.4, 0.5) is 0 Å². The molecule has 1 N–H and O–H groups in total. The van der Waals surface area contributed by atoms with Crippen molar-refractivity contribution in [3.8, 4) is 0 Å². The van der Waals surface area contributed by atoms with Gasteiger partial charge in [0.2, 0.25) is 15.9 Å². The Morgan fingerprint density at radius 2 is 2.04 bits per heavy atom. The van der Waals surface area contributed by atoms with Crippen LogP contribution in [0.25, 0.3) is 0 Å². The summed E-state index contributed by atoms with van der Waals surface area (Å²) < 4.78 is 27.1. The zero-order chi connectivity index (χ0) is 17.9. The van der Waals surface area contributed by atoms with Crippen molar-refractivity contribution >= 4 is 27.3 Å². The largest absolute Gasteiger partial charge is 0.354 e. The van der Waals surface area contributed by atoms with E-state index in [0.29, 0.717) is 25.9 Å². The Morgan fingerprint density at radius 1 is 1.28 bits per heavy atom. The normalized spacial score (nSPS) is 18.4. The van der Waals surface area contributed by atoms with E-state index in [9.17, 15) is 13.2 Å². The molecule has 1 fully saturated rings. The number of carbonyl (C=O) groups excluding carboxylic acids is 1. The first kappa shape index (κ1) is 18.1. The highest BCUT2D eigenvalue weighted by molar-refractivity contribution is 7.89. The summed E-state index contributed by atoms with van der Waals surface area (Å²) in [6.07, 6.45) is 2.03. The lowest BCUT2D eigenvalue weighted by molar-refractivity contribution is -0.124. The molecule has 1 amide bonds. The lowest BCUT2D eigenvalue weighted by Crippen LogP contribution is -2.46. The summed E-state index contributed by atoms with van der Waals surface area (Å²) in [5, 5.41) is 4.89. The summed E-state index contributed by atoms with van der Waals surface area (Å²) in [5.74, 6) is -0.204. The molecule has 25 heavy (non-hydrogen) atoms. The number of benzene rings is 1. The Hall–Kier alpha value is -1.70. The van der Waals surface area contributed by atoms with E-state index in [4.69, 9.17) is 0 Å². The standard InChI is InChI=1S/C18H22N2O3S2/c1-14-6-8-16(9-7-14)25(22,23)20-12-2-5-17(20)18(21)19-11-10-15-4-3-13-24-15/h3-4,6-9,13,17H,2,5,10-12H2,1H3,(H,19,21)/t17-/m0/s1. The zero-order valence-corrected chi connectivity index (χ0v) is 15.8. The Morgan fingerprint density at radius 3 is 2.72 bits per heavy atom. The Labute approximate surface area is 152 Å². The molecule has 0 spiro atoms. The molecular weight excluding hydrogens is 356 g/mol. The van der Waals surface area contributed by atoms with Crippen LogP contribution in [0.15, 0.2) is 46.7 Å². The summed E-state index contributed by atoms with van der Waals surface area (Å²) in [6.45, 7) is 2.82. The molecule has 1 aromatic carbocycles. The van der Waals surface area contributed by atoms with Gasteiger partial charge in [-0.25, -0.2) is 8.42 Å². The van der Waals surface area contributed by atoms with Gasteiger partial charge in [-0.15, -0.1) is 11.3 Å². The Bertz CT molecular complexity index is 815. The summed E-state index contributed by atoms with van der Waals surface area (Å²) in [5.41, 5.74) is 1.00. The molecule has 0 bridgehead atoms. The second-order valence-electron chi connectivity index (χ2n) is 6.21. The second kappa shape index (κ2) is 7.68. The van der Waals surface area contributed by atoms with Crippen LogP contribution in [0, 0.1) is 6.92 Å². The van der Waals surface area contributed by atoms with Gasteiger partial charge in [-0.05, 0) is 49.8 Å². The maximum atomic E-state index is 12.9. The fraction of sp³-hybridized carbons (Fsp3) is 0.389. The third-order valence-electron chi connectivity index (χ3n) is 4.38. The predicted octanol–water partition coefficient (Wildman–Crippen LogP) is 2.57. The van der Waals surface area contributed by atoms with Crippen LogP contribution in [-0.4, -0.2) is 37.8 Å². The number of aryl methyl sites for hydroxylation is 1. The van der Waals surface area contributed by atoms with E-state index in [-0.39, 0.29) is 10.8 Å². The van der Waals surface area contributed by atoms with E-state index in [1.165, 1.54) is 9.18 Å². The smallest absolute Gasteiger partial charge is 0.243 e. The van der Waals surface area contributed by atoms with Crippen molar-refractivity contribution in [1.82, 2.24) is 9.62 Å². The first-order valence-corrected chi connectivity index (χ1v) is 10.7. The number of nitrogens with zero attached hydrogens (tertiary/aromatic N) is 1. The first-order chi connectivity index (χ1) is 12.0. The van der Waals surface area contributed by atoms with Crippen LogP contribution < -0.4 is 5.32 Å². The molecular formula is C18H22N2O3S2. The van der Waals surface area contributed by atoms with Gasteiger partial charge >= 0.3 is 0 Å². The fourth-order valence-corrected chi connectivity index (χ4v) is 5.38. The average molecular weight is 379 g/mol. The second-order valence-corrected chi connectivity index (χ2v) is 9.13. The van der Waals surface area contributed by atoms with Gasteiger partial charge < -0.3 is 5.32 Å². The molecule has 1 aliphatic rings. The summed E-state index contributed by atoms with van der Waals surface area (Å²) in [6, 6.07) is 10.2. The SMILES string of the molecule is Cc1ccc(S(=O)(=O)N2CCC[C@H]2C(=O)NCCc2cccs2)cc1. The molecule has 5 nitrogen and oxygen atoms in total. The molecule has 0 radical (unpaired) electrons. The van der Waals surface area contributed by atoms with Crippen LogP contribution in [0.2, 0.25) is 0 Å². The van der Waals surface area contributed by atoms with Crippen LogP contribution in [-0.2, 0) is 21.2 Å². The van der Waals surface area contributed by atoms with Crippen LogP contribution >= 0.6 is 11.3 Å². The minimum absolute atomic E-state index is 0.204. The highest BCUT2D eigenvalue weighted by Gasteiger charge is 2.39. The van der Waals surface area contributed by atoms with Gasteiger partial charge in [0.05, 0.1) is 4.90 Å². The van der Waals surface area contributed by atoms with Gasteiger partial charge in [0.15, 0.2) is 0 Å². The molecule has 0 saturated carbocycles. The van der Waals surface area contributed by atoms with Gasteiger partial charge in [0, 0.05) is 18.0 Å². The van der Waals surface area contributed by atoms with Gasteiger partial charge in [-0.3, -0.25) is 4.79 Å². The highest BCUT2D eigenvalue weighted by atomic mass is 32.2. The number of rotatable bonds is 6. The summed E-state index contributed by atoms with van der Waals surface area (Å²) >= 11 is 1.65. The van der Waals surface area contributed by atoms with E-state index < -0.39 is 16.1 Å². The fourth-order valence-electron chi connectivity index (χ4n) is 3.02. The molecule has 1 atom stereocenters. The number of sulfonamides is 1. The van der Waals surface area contributed by atoms with Crippen molar-refractivity contribution in [2.24, 2.45) is 0 Å². The van der Waals surface area contributed by atoms with Crippen LogP contribution in [0.3, 0.4) is 0 Å². The molecule has 7 heteroatoms. The minimum atomic E-state index is -3.64. The van der Waals surface area contributed by atoms with Crippen molar-refractivity contribution in [1.29, 1.82) is 0 Å². The summed E-state index contributed by atoms with van der Waals surface area (Å²) in [7, 11) is -3.64. The number of hydrogen-bond donors (Lipinski definition) is 1. The van der Waals surface area contributed by atoms with Gasteiger partial charge in [0.1, 0.15) is 6.04 Å². The van der Waals surface area contributed by atoms with Crippen molar-refractivity contribution in [3.63, 3.8) is 0 Å². The van der Waals surface area contributed by atoms with E-state index >= 15 is 0 Å². The molecule has 2 heterocycles. The topological polar surface area (TPSA) is 66.5 Å². The average Bonchev–Trinajstić information content (AvgIpc) is 3.27. The van der Waals surface area contributed by atoms with Gasteiger partial charge in [-0.1, -0.05) is 23.8 Å². The first-order valence-electron chi connectivity index (χ1n) is 8.37. The quantitative estimate of drug-likeness (QED) is 0.840. The molecule has 0 aliphatic carbocycles. The lowest BCUT2D eigenvalue weighted by Gasteiger charge is -2.23. The zero-order valence-electron chi connectivity index (χ0n) is 14.1. The number of amides is 1. The van der Waals surface area contributed by atoms with E-state index in [1.807, 2.05) is 24.4 Å². The highest BCUT2D eigenvalue weighted by Crippen LogP contribution is 2.26. The van der Waals surface area contributed by atoms with Gasteiger partial charge in [-0.2, -0.15) is 4.31 Å². The van der Waals surface area contributed by atoms with Crippen molar-refractivity contribution in [2.45, 2.75) is 37.1 Å². The maximum absolute atomic E-state index is 12.9. The Balaban J connectivity index is 1.66. The van der Waals surface area contributed by atoms with E-state index in [2.05, 4.69) is 5.32 Å².